The second kappa shape index (κ2) is 16.2. The Hall–Kier alpha value is -4.98. The fourth-order valence-electron chi connectivity index (χ4n) is 7.10. The van der Waals surface area contributed by atoms with Gasteiger partial charge in [-0.3, -0.25) is 0 Å². The fraction of sp³-hybridized carbons (Fsp3) is 0.350. The summed E-state index contributed by atoms with van der Waals surface area (Å²) in [7, 11) is 0. The van der Waals surface area contributed by atoms with Crippen LogP contribution in [0.15, 0.2) is 78.9 Å². The molecule has 0 radical (unpaired) electrons. The van der Waals surface area contributed by atoms with Crippen molar-refractivity contribution in [1.29, 1.82) is 0 Å². The summed E-state index contributed by atoms with van der Waals surface area (Å²) in [6.07, 6.45) is -12.9. The third kappa shape index (κ3) is 7.85. The zero-order chi connectivity index (χ0) is 39.8. The van der Waals surface area contributed by atoms with Crippen LogP contribution < -0.4 is 14.2 Å². The van der Waals surface area contributed by atoms with Crippen LogP contribution in [0, 0.1) is 0 Å². The molecule has 0 aliphatic carbocycles. The van der Waals surface area contributed by atoms with Crippen molar-refractivity contribution in [2.24, 2.45) is 0 Å². The minimum atomic E-state index is -1.72. The largest absolute Gasteiger partial charge is 0.508 e. The summed E-state index contributed by atoms with van der Waals surface area (Å²) in [5.74, 6) is -0.560. The molecule has 12 atom stereocenters. The van der Waals surface area contributed by atoms with Crippen LogP contribution in [0.1, 0.15) is 39.8 Å². The molecule has 0 saturated carbocycles. The number of aliphatic hydroxyl groups is 8. The molecule has 4 aromatic rings. The normalized spacial score (nSPS) is 31.5. The van der Waals surface area contributed by atoms with Gasteiger partial charge in [-0.15, -0.1) is 0 Å². The molecule has 16 nitrogen and oxygen atoms in total. The maximum atomic E-state index is 11.0. The van der Waals surface area contributed by atoms with E-state index in [1.54, 1.807) is 48.6 Å². The Balaban J connectivity index is 1.33. The van der Waals surface area contributed by atoms with E-state index in [2.05, 4.69) is 0 Å². The van der Waals surface area contributed by atoms with Gasteiger partial charge >= 0.3 is 0 Å². The predicted molar refractivity (Wildman–Crippen MR) is 194 cm³/mol. The van der Waals surface area contributed by atoms with E-state index >= 15 is 0 Å². The summed E-state index contributed by atoms with van der Waals surface area (Å²) in [5, 5.41) is 113. The van der Waals surface area contributed by atoms with Crippen LogP contribution in [0.4, 0.5) is 0 Å². The van der Waals surface area contributed by atoms with Crippen molar-refractivity contribution in [3.05, 3.63) is 107 Å². The molecule has 16 heteroatoms. The third-order valence-electron chi connectivity index (χ3n) is 10.1. The van der Waals surface area contributed by atoms with E-state index in [4.69, 9.17) is 23.7 Å². The second-order valence-electron chi connectivity index (χ2n) is 13.8. The minimum absolute atomic E-state index is 0.00103. The average molecular weight is 779 g/mol. The molecule has 0 aromatic heterocycles. The number of aromatic hydroxyl groups is 3. The van der Waals surface area contributed by atoms with Gasteiger partial charge in [0.2, 0.25) is 12.6 Å². The van der Waals surface area contributed by atoms with Gasteiger partial charge in [0.15, 0.2) is 0 Å². The van der Waals surface area contributed by atoms with E-state index in [1.165, 1.54) is 42.5 Å². The van der Waals surface area contributed by atoms with Crippen molar-refractivity contribution >= 4 is 12.2 Å². The molecule has 7 rings (SSSR count). The Morgan fingerprint density at radius 2 is 1.07 bits per heavy atom. The Morgan fingerprint density at radius 1 is 0.536 bits per heavy atom. The molecule has 2 fully saturated rings. The number of fused-ring (bicyclic) bond motifs is 1. The van der Waals surface area contributed by atoms with Gasteiger partial charge in [-0.1, -0.05) is 36.4 Å². The summed E-state index contributed by atoms with van der Waals surface area (Å²) in [6, 6.07) is 20.1. The molecular weight excluding hydrogens is 736 g/mol. The van der Waals surface area contributed by atoms with Gasteiger partial charge in [0, 0.05) is 17.7 Å². The Bertz CT molecular complexity index is 2000. The molecule has 0 bridgehead atoms. The smallest absolute Gasteiger partial charge is 0.229 e. The number of ether oxygens (including phenoxy) is 5. The number of hydrogen-bond donors (Lipinski definition) is 11. The summed E-state index contributed by atoms with van der Waals surface area (Å²) < 4.78 is 29.7. The molecule has 4 aromatic carbocycles. The van der Waals surface area contributed by atoms with Crippen LogP contribution in [0.2, 0.25) is 0 Å². The molecule has 3 heterocycles. The summed E-state index contributed by atoms with van der Waals surface area (Å²) >= 11 is 0. The van der Waals surface area contributed by atoms with E-state index in [0.717, 1.165) is 0 Å². The molecule has 0 amide bonds. The molecule has 56 heavy (non-hydrogen) atoms. The van der Waals surface area contributed by atoms with E-state index in [0.29, 0.717) is 27.8 Å². The van der Waals surface area contributed by atoms with Gasteiger partial charge in [0.05, 0.1) is 19.1 Å². The lowest BCUT2D eigenvalue weighted by atomic mass is 9.82. The van der Waals surface area contributed by atoms with Crippen molar-refractivity contribution in [3.63, 3.8) is 0 Å². The van der Waals surface area contributed by atoms with Crippen molar-refractivity contribution in [3.8, 4) is 34.5 Å². The van der Waals surface area contributed by atoms with Crippen LogP contribution in [0.5, 0.6) is 34.5 Å². The summed E-state index contributed by atoms with van der Waals surface area (Å²) in [5.41, 5.74) is 2.82. The van der Waals surface area contributed by atoms with Crippen molar-refractivity contribution < 1.29 is 79.9 Å². The second-order valence-corrected chi connectivity index (χ2v) is 13.8. The Kier molecular flexibility index (Phi) is 11.4. The fourth-order valence-corrected chi connectivity index (χ4v) is 7.10. The predicted octanol–water partition coefficient (Wildman–Crippen LogP) is 0.597. The van der Waals surface area contributed by atoms with Gasteiger partial charge < -0.3 is 79.9 Å². The molecule has 2 saturated heterocycles. The molecule has 2 unspecified atom stereocenters. The first-order valence-electron chi connectivity index (χ1n) is 17.7. The minimum Gasteiger partial charge on any atom is -0.508 e. The SMILES string of the molecule is OC[C@@H]1OC(Oc2cc(/C=C/c3ccc(O)cc3)c3c(c2)O[C@H](c2ccc(O)cc2)[C@H]3c2cc(O)cc(OC3O[C@H](CO)[C@@H](O)[C@H](O)[C@H]3O)c2)[C@@H](O)[C@H](O)[C@H]1O. The van der Waals surface area contributed by atoms with Gasteiger partial charge in [-0.05, 0) is 64.7 Å². The highest BCUT2D eigenvalue weighted by molar-refractivity contribution is 5.75. The lowest BCUT2D eigenvalue weighted by molar-refractivity contribution is -0.277. The van der Waals surface area contributed by atoms with Gasteiger partial charge in [0.25, 0.3) is 0 Å². The number of benzene rings is 4. The zero-order valence-electron chi connectivity index (χ0n) is 29.5. The van der Waals surface area contributed by atoms with Crippen molar-refractivity contribution in [1.82, 2.24) is 0 Å². The molecule has 11 N–H and O–H groups in total. The first kappa shape index (κ1) is 39.3. The van der Waals surface area contributed by atoms with Crippen LogP contribution in [-0.4, -0.2) is 131 Å². The van der Waals surface area contributed by atoms with E-state index in [1.807, 2.05) is 0 Å². The molecular formula is C40H42O16. The van der Waals surface area contributed by atoms with Gasteiger partial charge in [0.1, 0.15) is 89.4 Å². The van der Waals surface area contributed by atoms with E-state index in [-0.39, 0.29) is 34.5 Å². The molecule has 3 aliphatic rings. The highest BCUT2D eigenvalue weighted by Gasteiger charge is 2.47. The number of rotatable bonds is 10. The van der Waals surface area contributed by atoms with Crippen molar-refractivity contribution in [2.75, 3.05) is 13.2 Å². The first-order chi connectivity index (χ1) is 26.8. The quantitative estimate of drug-likeness (QED) is 0.0985. The average Bonchev–Trinajstić information content (AvgIpc) is 3.57. The lowest BCUT2D eigenvalue weighted by Crippen LogP contribution is -2.60. The standard InChI is InChI=1S/C40H42O16/c41-16-28-32(46)34(48)36(50)39(55-28)52-25-13-21(11-24(45)14-25)31-30-20(4-1-18-2-7-22(43)8-3-18)12-26(53-40-37(51)35(49)33(47)29(17-42)56-40)15-27(30)54-38(31)19-5-9-23(44)10-6-19/h1-15,28-29,31-51H,16-17H2/b4-1+/t28-,29+,31+,32-,33+,34+,35-,36-,37+,38-,39?,40?/m1/s1. The van der Waals surface area contributed by atoms with Gasteiger partial charge in [-0.2, -0.15) is 0 Å². The highest BCUT2D eigenvalue weighted by atomic mass is 16.7. The first-order valence-corrected chi connectivity index (χ1v) is 17.7. The summed E-state index contributed by atoms with van der Waals surface area (Å²) in [6.45, 7) is -1.34. The number of hydrogen-bond acceptors (Lipinski definition) is 16. The molecule has 298 valence electrons. The molecule has 3 aliphatic heterocycles. The maximum absolute atomic E-state index is 11.0. The van der Waals surface area contributed by atoms with Crippen LogP contribution in [0.3, 0.4) is 0 Å². The van der Waals surface area contributed by atoms with Crippen LogP contribution >= 0.6 is 0 Å². The Morgan fingerprint density at radius 3 is 1.62 bits per heavy atom. The summed E-state index contributed by atoms with van der Waals surface area (Å²) in [4.78, 5) is 0. The Labute approximate surface area is 319 Å². The number of phenols is 3. The van der Waals surface area contributed by atoms with Gasteiger partial charge in [-0.25, -0.2) is 0 Å². The van der Waals surface area contributed by atoms with E-state index < -0.39 is 86.6 Å². The van der Waals surface area contributed by atoms with Crippen molar-refractivity contribution in [2.45, 2.75) is 73.4 Å². The molecule has 0 spiro atoms. The monoisotopic (exact) mass is 778 g/mol. The zero-order valence-corrected chi connectivity index (χ0v) is 29.5. The topological polar surface area (TPSA) is 269 Å². The number of aliphatic hydroxyl groups excluding tert-OH is 8. The highest BCUT2D eigenvalue weighted by Crippen LogP contribution is 2.54. The third-order valence-corrected chi connectivity index (χ3v) is 10.1. The van der Waals surface area contributed by atoms with E-state index in [9.17, 15) is 56.2 Å². The lowest BCUT2D eigenvalue weighted by Gasteiger charge is -2.39. The van der Waals surface area contributed by atoms with Crippen LogP contribution in [-0.2, 0) is 9.47 Å². The maximum Gasteiger partial charge on any atom is 0.229 e. The number of phenolic OH excluding ortho intramolecular Hbond substituents is 3. The van der Waals surface area contributed by atoms with Crippen LogP contribution in [0.25, 0.3) is 12.2 Å².